The molecule has 0 aliphatic carbocycles. The van der Waals surface area contributed by atoms with Gasteiger partial charge >= 0.3 is 0 Å². The summed E-state index contributed by atoms with van der Waals surface area (Å²) < 4.78 is 2.04. The number of nitrogens with zero attached hydrogens (tertiary/aromatic N) is 3. The second kappa shape index (κ2) is 9.23. The lowest BCUT2D eigenvalue weighted by Crippen LogP contribution is -2.15. The van der Waals surface area contributed by atoms with Crippen LogP contribution >= 0.6 is 23.4 Å². The number of thioether (sulfide) groups is 1. The lowest BCUT2D eigenvalue weighted by atomic mass is 9.87. The van der Waals surface area contributed by atoms with E-state index >= 15 is 0 Å². The van der Waals surface area contributed by atoms with Gasteiger partial charge in [0.05, 0.1) is 5.75 Å². The molecule has 1 N–H and O–H groups in total. The number of benzene rings is 2. The van der Waals surface area contributed by atoms with E-state index in [0.29, 0.717) is 5.02 Å². The molecule has 0 saturated heterocycles. The summed E-state index contributed by atoms with van der Waals surface area (Å²) in [5, 5.41) is 13.0. The minimum atomic E-state index is -0.105. The van der Waals surface area contributed by atoms with Crippen molar-refractivity contribution in [2.24, 2.45) is 0 Å². The summed E-state index contributed by atoms with van der Waals surface area (Å²) in [5.41, 5.74) is 3.98. The lowest BCUT2D eigenvalue weighted by molar-refractivity contribution is -0.113. The van der Waals surface area contributed by atoms with Crippen LogP contribution in [0.1, 0.15) is 38.8 Å². The number of nitrogens with one attached hydrogen (secondary N) is 1. The zero-order valence-corrected chi connectivity index (χ0v) is 19.6. The van der Waals surface area contributed by atoms with Crippen molar-refractivity contribution in [3.63, 3.8) is 0 Å². The Morgan fingerprint density at radius 3 is 2.47 bits per heavy atom. The summed E-state index contributed by atoms with van der Waals surface area (Å²) in [5.74, 6) is 0.950. The first kappa shape index (κ1) is 22.4. The highest BCUT2D eigenvalue weighted by Crippen LogP contribution is 2.28. The summed E-state index contributed by atoms with van der Waals surface area (Å²) >= 11 is 7.50. The molecular weight excluding hydrogens is 416 g/mol. The van der Waals surface area contributed by atoms with Crippen LogP contribution < -0.4 is 5.32 Å². The summed E-state index contributed by atoms with van der Waals surface area (Å²) in [6.07, 6.45) is 0. The molecule has 0 bridgehead atoms. The predicted octanol–water partition coefficient (Wildman–Crippen LogP) is 5.96. The normalized spacial score (nSPS) is 11.5. The average molecular weight is 443 g/mol. The zero-order valence-electron chi connectivity index (χ0n) is 18.0. The Morgan fingerprint density at radius 1 is 1.13 bits per heavy atom. The number of rotatable bonds is 6. The maximum absolute atomic E-state index is 12.4. The van der Waals surface area contributed by atoms with Crippen LogP contribution in [0.25, 0.3) is 11.4 Å². The maximum atomic E-state index is 12.4. The Bertz CT molecular complexity index is 1040. The lowest BCUT2D eigenvalue weighted by Gasteiger charge is -2.19. The molecule has 30 heavy (non-hydrogen) atoms. The van der Waals surface area contributed by atoms with Crippen LogP contribution in [0.15, 0.2) is 47.6 Å². The van der Waals surface area contributed by atoms with Gasteiger partial charge in [0.1, 0.15) is 0 Å². The average Bonchev–Trinajstić information content (AvgIpc) is 3.12. The van der Waals surface area contributed by atoms with E-state index < -0.39 is 0 Å². The molecule has 0 spiro atoms. The fourth-order valence-electron chi connectivity index (χ4n) is 3.07. The van der Waals surface area contributed by atoms with E-state index in [-0.39, 0.29) is 17.1 Å². The number of amides is 1. The molecule has 158 valence electrons. The maximum Gasteiger partial charge on any atom is 0.234 e. The quantitative estimate of drug-likeness (QED) is 0.479. The zero-order chi connectivity index (χ0) is 21.9. The van der Waals surface area contributed by atoms with Crippen LogP contribution in [-0.4, -0.2) is 26.4 Å². The van der Waals surface area contributed by atoms with E-state index in [9.17, 15) is 4.79 Å². The van der Waals surface area contributed by atoms with Gasteiger partial charge in [-0.05, 0) is 42.5 Å². The fourth-order valence-corrected chi connectivity index (χ4v) is 4.05. The predicted molar refractivity (Wildman–Crippen MR) is 125 cm³/mol. The Kier molecular flexibility index (Phi) is 6.88. The third-order valence-corrected chi connectivity index (χ3v) is 6.29. The fraction of sp³-hybridized carbons (Fsp3) is 0.348. The monoisotopic (exact) mass is 442 g/mol. The molecule has 0 unspecified atom stereocenters. The van der Waals surface area contributed by atoms with Crippen LogP contribution in [0.2, 0.25) is 5.02 Å². The first-order valence-corrected chi connectivity index (χ1v) is 11.3. The Hall–Kier alpha value is -2.31. The van der Waals surface area contributed by atoms with Crippen LogP contribution in [0, 0.1) is 6.92 Å². The number of aromatic nitrogens is 3. The Morgan fingerprint density at radius 2 is 1.83 bits per heavy atom. The summed E-state index contributed by atoms with van der Waals surface area (Å²) in [4.78, 5) is 12.4. The number of carbonyl (C=O) groups excluding carboxylic acids is 1. The second-order valence-electron chi connectivity index (χ2n) is 8.13. The first-order chi connectivity index (χ1) is 14.2. The van der Waals surface area contributed by atoms with Gasteiger partial charge in [0.25, 0.3) is 0 Å². The second-order valence-corrected chi connectivity index (χ2v) is 9.48. The van der Waals surface area contributed by atoms with Crippen molar-refractivity contribution in [1.29, 1.82) is 0 Å². The van der Waals surface area contributed by atoms with Gasteiger partial charge in [-0.1, -0.05) is 74.5 Å². The molecule has 3 rings (SSSR count). The highest BCUT2D eigenvalue weighted by atomic mass is 35.5. The topological polar surface area (TPSA) is 59.8 Å². The van der Waals surface area contributed by atoms with Crippen molar-refractivity contribution in [3.8, 4) is 11.4 Å². The van der Waals surface area contributed by atoms with E-state index in [1.54, 1.807) is 6.07 Å². The van der Waals surface area contributed by atoms with Crippen molar-refractivity contribution < 1.29 is 4.79 Å². The minimum Gasteiger partial charge on any atom is -0.325 e. The SMILES string of the molecule is CCn1c(SCC(=O)Nc2cccc(Cl)c2C)nnc1-c1ccc(C(C)(C)C)cc1. The molecule has 0 fully saturated rings. The number of halogens is 1. The number of hydrogen-bond donors (Lipinski definition) is 1. The molecule has 0 aliphatic heterocycles. The Labute approximate surface area is 187 Å². The van der Waals surface area contributed by atoms with Crippen LogP contribution in [0.4, 0.5) is 5.69 Å². The summed E-state index contributed by atoms with van der Waals surface area (Å²) in [6.45, 7) is 11.2. The molecule has 0 atom stereocenters. The van der Waals surface area contributed by atoms with Gasteiger partial charge in [-0.15, -0.1) is 10.2 Å². The van der Waals surface area contributed by atoms with Crippen molar-refractivity contribution in [2.45, 2.75) is 51.7 Å². The molecule has 0 radical (unpaired) electrons. The van der Waals surface area contributed by atoms with Gasteiger partial charge in [0.15, 0.2) is 11.0 Å². The standard InChI is InChI=1S/C23H27ClN4OS/c1-6-28-21(16-10-12-17(13-11-16)23(3,4)5)26-27-22(28)30-14-20(29)25-19-9-7-8-18(24)15(19)2/h7-13H,6,14H2,1-5H3,(H,25,29). The number of carbonyl (C=O) groups is 1. The van der Waals surface area contributed by atoms with E-state index in [1.807, 2.05) is 23.6 Å². The van der Waals surface area contributed by atoms with Crippen molar-refractivity contribution in [3.05, 3.63) is 58.6 Å². The molecule has 1 heterocycles. The molecule has 3 aromatic rings. The van der Waals surface area contributed by atoms with Gasteiger partial charge in [-0.25, -0.2) is 0 Å². The van der Waals surface area contributed by atoms with E-state index in [2.05, 4.69) is 67.5 Å². The smallest absolute Gasteiger partial charge is 0.234 e. The molecule has 0 aliphatic rings. The van der Waals surface area contributed by atoms with Crippen molar-refractivity contribution >= 4 is 35.0 Å². The Balaban J connectivity index is 1.71. The molecule has 1 amide bonds. The molecule has 5 nitrogen and oxygen atoms in total. The molecule has 1 aromatic heterocycles. The number of hydrogen-bond acceptors (Lipinski definition) is 4. The first-order valence-electron chi connectivity index (χ1n) is 9.92. The highest BCUT2D eigenvalue weighted by molar-refractivity contribution is 7.99. The van der Waals surface area contributed by atoms with Crippen molar-refractivity contribution in [1.82, 2.24) is 14.8 Å². The molecule has 7 heteroatoms. The van der Waals surface area contributed by atoms with E-state index in [0.717, 1.165) is 34.3 Å². The number of anilines is 1. The minimum absolute atomic E-state index is 0.104. The highest BCUT2D eigenvalue weighted by Gasteiger charge is 2.17. The van der Waals surface area contributed by atoms with E-state index in [1.165, 1.54) is 17.3 Å². The van der Waals surface area contributed by atoms with Gasteiger partial charge in [0, 0.05) is 22.8 Å². The van der Waals surface area contributed by atoms with Crippen LogP contribution in [0.5, 0.6) is 0 Å². The van der Waals surface area contributed by atoms with E-state index in [4.69, 9.17) is 11.6 Å². The largest absolute Gasteiger partial charge is 0.325 e. The van der Waals surface area contributed by atoms with Crippen LogP contribution in [-0.2, 0) is 16.8 Å². The van der Waals surface area contributed by atoms with Gasteiger partial charge in [-0.2, -0.15) is 0 Å². The summed E-state index contributed by atoms with van der Waals surface area (Å²) in [6, 6.07) is 13.9. The molecular formula is C23H27ClN4OS. The third-order valence-electron chi connectivity index (χ3n) is 4.92. The van der Waals surface area contributed by atoms with Gasteiger partial charge < -0.3 is 9.88 Å². The van der Waals surface area contributed by atoms with Crippen molar-refractivity contribution in [2.75, 3.05) is 11.1 Å². The molecule has 0 saturated carbocycles. The summed E-state index contributed by atoms with van der Waals surface area (Å²) in [7, 11) is 0. The van der Waals surface area contributed by atoms with Crippen LogP contribution in [0.3, 0.4) is 0 Å². The van der Waals surface area contributed by atoms with Gasteiger partial charge in [-0.3, -0.25) is 4.79 Å². The third kappa shape index (κ3) is 5.05. The molecule has 2 aromatic carbocycles. The van der Waals surface area contributed by atoms with Gasteiger partial charge in [0.2, 0.25) is 5.91 Å².